The predicted molar refractivity (Wildman–Crippen MR) is 91.8 cm³/mol. The van der Waals surface area contributed by atoms with E-state index in [0.29, 0.717) is 18.8 Å². The molecule has 1 amide bonds. The Labute approximate surface area is 147 Å². The molecule has 0 saturated carbocycles. The third-order valence-electron chi connectivity index (χ3n) is 3.95. The second-order valence-electron chi connectivity index (χ2n) is 6.93. The highest BCUT2D eigenvalue weighted by atomic mass is 19.1. The first-order valence-corrected chi connectivity index (χ1v) is 8.13. The van der Waals surface area contributed by atoms with Crippen molar-refractivity contribution in [2.24, 2.45) is 0 Å². The number of nitriles is 1. The standard InChI is InChI=1S/C18H24FN3O3/c1-18(2)12-22(16-7-5-6-15(19)14(16)8-20)9-13(25-18)10-24-11-17(23)21(3)4/h5-7,13H,9-12H2,1-4H3. The first kappa shape index (κ1) is 19.2. The number of ether oxygens (including phenoxy) is 2. The Morgan fingerprint density at radius 2 is 2.24 bits per heavy atom. The summed E-state index contributed by atoms with van der Waals surface area (Å²) >= 11 is 0. The lowest BCUT2D eigenvalue weighted by Gasteiger charge is -2.44. The van der Waals surface area contributed by atoms with Crippen LogP contribution in [0, 0.1) is 17.1 Å². The maximum absolute atomic E-state index is 13.9. The van der Waals surface area contributed by atoms with E-state index in [1.807, 2.05) is 24.8 Å². The van der Waals surface area contributed by atoms with E-state index in [1.165, 1.54) is 11.0 Å². The predicted octanol–water partition coefficient (Wildman–Crippen LogP) is 1.79. The number of nitrogens with zero attached hydrogens (tertiary/aromatic N) is 3. The summed E-state index contributed by atoms with van der Waals surface area (Å²) < 4.78 is 25.4. The molecule has 0 aromatic heterocycles. The first-order chi connectivity index (χ1) is 11.7. The fraction of sp³-hybridized carbons (Fsp3) is 0.556. The van der Waals surface area contributed by atoms with Crippen LogP contribution in [0.2, 0.25) is 0 Å². The number of carbonyl (C=O) groups is 1. The summed E-state index contributed by atoms with van der Waals surface area (Å²) in [5, 5.41) is 9.27. The van der Waals surface area contributed by atoms with Crippen molar-refractivity contribution >= 4 is 11.6 Å². The smallest absolute Gasteiger partial charge is 0.248 e. The van der Waals surface area contributed by atoms with Crippen molar-refractivity contribution in [2.45, 2.75) is 25.6 Å². The van der Waals surface area contributed by atoms with Crippen LogP contribution in [0.3, 0.4) is 0 Å². The van der Waals surface area contributed by atoms with E-state index >= 15 is 0 Å². The molecule has 1 fully saturated rings. The minimum absolute atomic E-state index is 0.0172. The van der Waals surface area contributed by atoms with Gasteiger partial charge in [0.15, 0.2) is 0 Å². The van der Waals surface area contributed by atoms with Gasteiger partial charge in [0.25, 0.3) is 0 Å². The molecule has 7 heteroatoms. The lowest BCUT2D eigenvalue weighted by Crippen LogP contribution is -2.54. The lowest BCUT2D eigenvalue weighted by atomic mass is 10.0. The molecule has 1 aromatic carbocycles. The molecule has 25 heavy (non-hydrogen) atoms. The van der Waals surface area contributed by atoms with Gasteiger partial charge in [0.1, 0.15) is 24.1 Å². The minimum atomic E-state index is -0.534. The Hall–Kier alpha value is -2.17. The third-order valence-corrected chi connectivity index (χ3v) is 3.95. The maximum Gasteiger partial charge on any atom is 0.248 e. The number of rotatable bonds is 5. The molecule has 1 saturated heterocycles. The molecule has 6 nitrogen and oxygen atoms in total. The van der Waals surface area contributed by atoms with Gasteiger partial charge in [-0.1, -0.05) is 6.07 Å². The average Bonchev–Trinajstić information content (AvgIpc) is 2.52. The molecule has 1 aromatic rings. The highest BCUT2D eigenvalue weighted by Crippen LogP contribution is 2.29. The van der Waals surface area contributed by atoms with E-state index in [-0.39, 0.29) is 30.8 Å². The fourth-order valence-corrected chi connectivity index (χ4v) is 2.86. The number of likely N-dealkylation sites (N-methyl/N-ethyl adjacent to an activating group) is 1. The van der Waals surface area contributed by atoms with Crippen LogP contribution in [0.5, 0.6) is 0 Å². The Morgan fingerprint density at radius 1 is 1.52 bits per heavy atom. The highest BCUT2D eigenvalue weighted by Gasteiger charge is 2.34. The topological polar surface area (TPSA) is 65.8 Å². The Kier molecular flexibility index (Phi) is 5.98. The highest BCUT2D eigenvalue weighted by molar-refractivity contribution is 5.76. The summed E-state index contributed by atoms with van der Waals surface area (Å²) in [5.74, 6) is -0.655. The fourth-order valence-electron chi connectivity index (χ4n) is 2.86. The summed E-state index contributed by atoms with van der Waals surface area (Å²) in [4.78, 5) is 15.0. The van der Waals surface area contributed by atoms with Crippen molar-refractivity contribution in [3.8, 4) is 6.07 Å². The number of benzene rings is 1. The average molecular weight is 349 g/mol. The molecule has 0 radical (unpaired) electrons. The van der Waals surface area contributed by atoms with Crippen LogP contribution < -0.4 is 4.90 Å². The lowest BCUT2D eigenvalue weighted by molar-refractivity contribution is -0.139. The van der Waals surface area contributed by atoms with Crippen molar-refractivity contribution in [1.29, 1.82) is 5.26 Å². The van der Waals surface area contributed by atoms with Gasteiger partial charge in [0.2, 0.25) is 5.91 Å². The Morgan fingerprint density at radius 3 is 2.88 bits per heavy atom. The van der Waals surface area contributed by atoms with Gasteiger partial charge in [-0.15, -0.1) is 0 Å². The van der Waals surface area contributed by atoms with Gasteiger partial charge < -0.3 is 19.3 Å². The zero-order valence-electron chi connectivity index (χ0n) is 15.1. The summed E-state index contributed by atoms with van der Waals surface area (Å²) in [6.07, 6.45) is -0.284. The normalized spacial score (nSPS) is 19.4. The van der Waals surface area contributed by atoms with E-state index in [9.17, 15) is 14.4 Å². The number of hydrogen-bond acceptors (Lipinski definition) is 5. The van der Waals surface area contributed by atoms with Gasteiger partial charge in [0, 0.05) is 27.2 Å². The number of hydrogen-bond donors (Lipinski definition) is 0. The third kappa shape index (κ3) is 4.91. The van der Waals surface area contributed by atoms with Crippen LogP contribution in [-0.4, -0.2) is 62.9 Å². The number of carbonyl (C=O) groups excluding carboxylic acids is 1. The molecule has 136 valence electrons. The van der Waals surface area contributed by atoms with Crippen molar-refractivity contribution in [1.82, 2.24) is 4.90 Å². The number of anilines is 1. The van der Waals surface area contributed by atoms with E-state index in [4.69, 9.17) is 9.47 Å². The zero-order valence-corrected chi connectivity index (χ0v) is 15.1. The summed E-state index contributed by atoms with van der Waals surface area (Å²) in [5.41, 5.74) is 0.0903. The molecule has 2 rings (SSSR count). The second kappa shape index (κ2) is 7.81. The SMILES string of the molecule is CN(C)C(=O)COCC1CN(c2cccc(F)c2C#N)CC(C)(C)O1. The largest absolute Gasteiger partial charge is 0.369 e. The van der Waals surface area contributed by atoms with E-state index in [1.54, 1.807) is 26.2 Å². The number of halogens is 1. The number of amides is 1. The summed E-state index contributed by atoms with van der Waals surface area (Å²) in [7, 11) is 3.34. The van der Waals surface area contributed by atoms with Gasteiger partial charge >= 0.3 is 0 Å². The molecule has 1 aliphatic rings. The second-order valence-corrected chi connectivity index (χ2v) is 6.93. The summed E-state index contributed by atoms with van der Waals surface area (Å²) in [6.45, 7) is 5.08. The van der Waals surface area contributed by atoms with Crippen LogP contribution in [0.15, 0.2) is 18.2 Å². The quantitative estimate of drug-likeness (QED) is 0.811. The van der Waals surface area contributed by atoms with Crippen LogP contribution in [0.25, 0.3) is 0 Å². The van der Waals surface area contributed by atoms with Crippen molar-refractivity contribution in [3.63, 3.8) is 0 Å². The molecule has 1 heterocycles. The van der Waals surface area contributed by atoms with Gasteiger partial charge in [-0.05, 0) is 26.0 Å². The summed E-state index contributed by atoms with van der Waals surface area (Å²) in [6, 6.07) is 6.54. The molecule has 0 aliphatic carbocycles. The van der Waals surface area contributed by atoms with Gasteiger partial charge in [-0.2, -0.15) is 5.26 Å². The van der Waals surface area contributed by atoms with E-state index in [2.05, 4.69) is 0 Å². The minimum Gasteiger partial charge on any atom is -0.369 e. The molecule has 0 N–H and O–H groups in total. The van der Waals surface area contributed by atoms with Crippen molar-refractivity contribution in [2.75, 3.05) is 45.3 Å². The molecule has 1 unspecified atom stereocenters. The molecular weight excluding hydrogens is 325 g/mol. The van der Waals surface area contributed by atoms with Crippen LogP contribution in [-0.2, 0) is 14.3 Å². The Bertz CT molecular complexity index is 670. The Balaban J connectivity index is 2.10. The van der Waals surface area contributed by atoms with E-state index < -0.39 is 11.4 Å². The van der Waals surface area contributed by atoms with Gasteiger partial charge in [-0.25, -0.2) is 4.39 Å². The van der Waals surface area contributed by atoms with Gasteiger partial charge in [-0.3, -0.25) is 4.79 Å². The zero-order chi connectivity index (χ0) is 18.6. The van der Waals surface area contributed by atoms with Gasteiger partial charge in [0.05, 0.1) is 24.0 Å². The molecule has 1 atom stereocenters. The number of morpholine rings is 1. The molecule has 0 spiro atoms. The molecule has 0 bridgehead atoms. The molecular formula is C18H24FN3O3. The monoisotopic (exact) mass is 349 g/mol. The van der Waals surface area contributed by atoms with Crippen molar-refractivity contribution < 1.29 is 18.7 Å². The van der Waals surface area contributed by atoms with Crippen molar-refractivity contribution in [3.05, 3.63) is 29.6 Å². The molecule has 1 aliphatic heterocycles. The maximum atomic E-state index is 13.9. The van der Waals surface area contributed by atoms with Crippen LogP contribution >= 0.6 is 0 Å². The van der Waals surface area contributed by atoms with Crippen LogP contribution in [0.4, 0.5) is 10.1 Å². The van der Waals surface area contributed by atoms with Crippen LogP contribution in [0.1, 0.15) is 19.4 Å². The first-order valence-electron chi connectivity index (χ1n) is 8.13. The van der Waals surface area contributed by atoms with E-state index in [0.717, 1.165) is 0 Å².